The molecule has 1 amide bonds. The Morgan fingerprint density at radius 1 is 1.15 bits per heavy atom. The third-order valence-corrected chi connectivity index (χ3v) is 7.32. The van der Waals surface area contributed by atoms with E-state index in [0.717, 1.165) is 19.3 Å². The number of carbonyl (C=O) groups is 1. The minimum atomic E-state index is -0.382. The van der Waals surface area contributed by atoms with Crippen molar-refractivity contribution in [2.75, 3.05) is 0 Å². The maximum absolute atomic E-state index is 13.1. The molecule has 4 fully saturated rings. The molecule has 0 spiro atoms. The lowest BCUT2D eigenvalue weighted by Crippen LogP contribution is -2.59. The number of benzene rings is 1. The summed E-state index contributed by atoms with van der Waals surface area (Å²) in [6, 6.07) is 1.35. The van der Waals surface area contributed by atoms with Crippen molar-refractivity contribution in [3.63, 3.8) is 0 Å². The number of hydrogen-bond acceptors (Lipinski definition) is 4. The molecule has 4 bridgehead atoms. The molecule has 3 N–H and O–H groups in total. The van der Waals surface area contributed by atoms with Gasteiger partial charge >= 0.3 is 0 Å². The maximum atomic E-state index is 13.1. The molecule has 4 saturated carbocycles. The number of rotatable bonds is 3. The van der Waals surface area contributed by atoms with Crippen molar-refractivity contribution in [3.05, 3.63) is 21.7 Å². The Labute approximate surface area is 168 Å². The van der Waals surface area contributed by atoms with Gasteiger partial charge in [0.05, 0.1) is 16.7 Å². The lowest BCUT2D eigenvalue weighted by Gasteiger charge is -2.64. The normalized spacial score (nSPS) is 37.1. The van der Waals surface area contributed by atoms with Crippen LogP contribution < -0.4 is 5.43 Å². The third kappa shape index (κ3) is 3.09. The first kappa shape index (κ1) is 18.9. The fourth-order valence-electron chi connectivity index (χ4n) is 6.70. The van der Waals surface area contributed by atoms with E-state index in [9.17, 15) is 15.0 Å². The van der Waals surface area contributed by atoms with Gasteiger partial charge in [-0.3, -0.25) is 4.79 Å². The average Bonchev–Trinajstić information content (AvgIpc) is 2.54. The minimum absolute atomic E-state index is 0.00695. The number of aromatic hydroxyl groups is 2. The van der Waals surface area contributed by atoms with Gasteiger partial charge in [0.1, 0.15) is 10.8 Å². The zero-order valence-electron chi connectivity index (χ0n) is 15.5. The Hall–Kier alpha value is -1.46. The average molecular weight is 411 g/mol. The monoisotopic (exact) mass is 410 g/mol. The van der Waals surface area contributed by atoms with Crippen LogP contribution in [0.4, 0.5) is 0 Å². The second kappa shape index (κ2) is 6.02. The van der Waals surface area contributed by atoms with Crippen LogP contribution in [0.2, 0.25) is 10.0 Å². The number of phenols is 2. The molecule has 4 aliphatic rings. The summed E-state index contributed by atoms with van der Waals surface area (Å²) in [5, 5.41) is 23.4. The molecule has 5 nitrogen and oxygen atoms in total. The molecule has 1 aromatic carbocycles. The van der Waals surface area contributed by atoms with Gasteiger partial charge in [-0.25, -0.2) is 5.43 Å². The molecule has 7 heteroatoms. The van der Waals surface area contributed by atoms with Crippen LogP contribution in [0.15, 0.2) is 11.2 Å². The van der Waals surface area contributed by atoms with E-state index >= 15 is 0 Å². The fraction of sp³-hybridized carbons (Fsp3) is 0.600. The van der Waals surface area contributed by atoms with Crippen molar-refractivity contribution in [2.24, 2.45) is 27.3 Å². The Balaban J connectivity index is 1.53. The first-order chi connectivity index (χ1) is 12.5. The summed E-state index contributed by atoms with van der Waals surface area (Å²) in [6.45, 7) is 4.64. The summed E-state index contributed by atoms with van der Waals surface area (Å²) in [5.74, 6) is -0.140. The van der Waals surface area contributed by atoms with E-state index in [2.05, 4.69) is 24.4 Å². The predicted octanol–water partition coefficient (Wildman–Crippen LogP) is 4.85. The van der Waals surface area contributed by atoms with E-state index in [1.807, 2.05) is 0 Å². The topological polar surface area (TPSA) is 81.9 Å². The number of phenolic OH excluding ortho intramolecular Hbond substituents is 2. The van der Waals surface area contributed by atoms with E-state index in [1.165, 1.54) is 31.5 Å². The number of hydrazone groups is 1. The number of carbonyl (C=O) groups excluding carboxylic acids is 1. The van der Waals surface area contributed by atoms with Crippen LogP contribution in [-0.2, 0) is 4.79 Å². The molecule has 2 atom stereocenters. The molecule has 27 heavy (non-hydrogen) atoms. The van der Waals surface area contributed by atoms with Crippen molar-refractivity contribution in [3.8, 4) is 11.5 Å². The second-order valence-corrected chi connectivity index (χ2v) is 10.4. The molecule has 5 rings (SSSR count). The van der Waals surface area contributed by atoms with E-state index < -0.39 is 0 Å². The number of halogens is 2. The Morgan fingerprint density at radius 3 is 2.37 bits per heavy atom. The molecule has 0 aromatic heterocycles. The van der Waals surface area contributed by atoms with Crippen LogP contribution in [0.3, 0.4) is 0 Å². The molecule has 146 valence electrons. The summed E-state index contributed by atoms with van der Waals surface area (Å²) in [6.07, 6.45) is 7.70. The number of nitrogens with one attached hydrogen (secondary N) is 1. The lowest BCUT2D eigenvalue weighted by atomic mass is 9.40. The molecule has 0 heterocycles. The van der Waals surface area contributed by atoms with E-state index in [0.29, 0.717) is 5.92 Å². The van der Waals surface area contributed by atoms with Gasteiger partial charge in [0.15, 0.2) is 5.75 Å². The van der Waals surface area contributed by atoms with Gasteiger partial charge < -0.3 is 10.2 Å². The van der Waals surface area contributed by atoms with Crippen molar-refractivity contribution in [1.29, 1.82) is 0 Å². The molecular weight excluding hydrogens is 387 g/mol. The highest BCUT2D eigenvalue weighted by molar-refractivity contribution is 6.38. The zero-order valence-corrected chi connectivity index (χ0v) is 17.0. The first-order valence-electron chi connectivity index (χ1n) is 9.28. The van der Waals surface area contributed by atoms with Crippen LogP contribution in [-0.4, -0.2) is 22.3 Å². The maximum Gasteiger partial charge on any atom is 0.246 e. The van der Waals surface area contributed by atoms with Crippen molar-refractivity contribution in [2.45, 2.75) is 52.4 Å². The highest BCUT2D eigenvalue weighted by Crippen LogP contribution is 2.69. The van der Waals surface area contributed by atoms with Gasteiger partial charge in [-0.05, 0) is 61.3 Å². The SMILES string of the molecule is CC12CC3CC(C)(C1)CC(C(=O)N/N=C/c1cc(Cl)c(O)c(Cl)c1O)(C3)C2. The number of amides is 1. The van der Waals surface area contributed by atoms with Gasteiger partial charge in [-0.2, -0.15) is 5.10 Å². The first-order valence-corrected chi connectivity index (χ1v) is 10.0. The summed E-state index contributed by atoms with van der Waals surface area (Å²) >= 11 is 11.7. The van der Waals surface area contributed by atoms with Gasteiger partial charge in [0.2, 0.25) is 5.91 Å². The largest absolute Gasteiger partial charge is 0.506 e. The number of nitrogens with zero attached hydrogens (tertiary/aromatic N) is 1. The molecule has 4 aliphatic carbocycles. The summed E-state index contributed by atoms with van der Waals surface area (Å²) < 4.78 is 0. The Kier molecular flexibility index (Phi) is 4.21. The van der Waals surface area contributed by atoms with Gasteiger partial charge in [-0.15, -0.1) is 0 Å². The van der Waals surface area contributed by atoms with Crippen LogP contribution in [0.5, 0.6) is 11.5 Å². The lowest BCUT2D eigenvalue weighted by molar-refractivity contribution is -0.170. The van der Waals surface area contributed by atoms with Crippen LogP contribution in [0.1, 0.15) is 57.9 Å². The highest BCUT2D eigenvalue weighted by Gasteiger charge is 2.62. The molecule has 2 unspecified atom stereocenters. The summed E-state index contributed by atoms with van der Waals surface area (Å²) in [5.41, 5.74) is 3.03. The summed E-state index contributed by atoms with van der Waals surface area (Å²) in [4.78, 5) is 13.1. The van der Waals surface area contributed by atoms with Crippen molar-refractivity contribution < 1.29 is 15.0 Å². The van der Waals surface area contributed by atoms with Gasteiger partial charge in [-0.1, -0.05) is 37.0 Å². The van der Waals surface area contributed by atoms with E-state index in [4.69, 9.17) is 23.2 Å². The molecule has 1 aromatic rings. The Morgan fingerprint density at radius 2 is 1.78 bits per heavy atom. The quantitative estimate of drug-likeness (QED) is 0.491. The smallest absolute Gasteiger partial charge is 0.246 e. The highest BCUT2D eigenvalue weighted by atomic mass is 35.5. The molecule has 0 aliphatic heterocycles. The Bertz CT molecular complexity index is 836. The number of hydrogen-bond donors (Lipinski definition) is 3. The van der Waals surface area contributed by atoms with Gasteiger partial charge in [0.25, 0.3) is 0 Å². The zero-order chi connectivity index (χ0) is 19.6. The standard InChI is InChI=1S/C20H24Cl2N2O3/c1-18-4-11-5-19(2,8-18)10-20(6-11,9-18)17(27)24-23-7-12-3-13(21)16(26)14(22)15(12)25/h3,7,11,25-26H,4-6,8-10H2,1-2H3,(H,24,27)/b23-7+. The molecule has 0 radical (unpaired) electrons. The van der Waals surface area contributed by atoms with Crippen molar-refractivity contribution in [1.82, 2.24) is 5.43 Å². The second-order valence-electron chi connectivity index (χ2n) is 9.57. The fourth-order valence-corrected chi connectivity index (χ4v) is 7.17. The summed E-state index contributed by atoms with van der Waals surface area (Å²) in [7, 11) is 0. The minimum Gasteiger partial charge on any atom is -0.506 e. The van der Waals surface area contributed by atoms with Crippen LogP contribution in [0.25, 0.3) is 0 Å². The molecule has 0 saturated heterocycles. The van der Waals surface area contributed by atoms with Crippen LogP contribution in [0, 0.1) is 22.2 Å². The molecular formula is C20H24Cl2N2O3. The van der Waals surface area contributed by atoms with E-state index in [1.54, 1.807) is 0 Å². The third-order valence-electron chi connectivity index (χ3n) is 6.68. The predicted molar refractivity (Wildman–Crippen MR) is 105 cm³/mol. The van der Waals surface area contributed by atoms with Crippen molar-refractivity contribution >= 4 is 35.3 Å². The van der Waals surface area contributed by atoms with Gasteiger partial charge in [0, 0.05) is 5.56 Å². The van der Waals surface area contributed by atoms with E-state index in [-0.39, 0.29) is 49.3 Å². The van der Waals surface area contributed by atoms with Crippen LogP contribution >= 0.6 is 23.2 Å².